The highest BCUT2D eigenvalue weighted by Crippen LogP contribution is 2.24. The van der Waals surface area contributed by atoms with Gasteiger partial charge in [-0.15, -0.1) is 0 Å². The van der Waals surface area contributed by atoms with Crippen LogP contribution in [-0.4, -0.2) is 53.5 Å². The predicted molar refractivity (Wildman–Crippen MR) is 73.2 cm³/mol. The second kappa shape index (κ2) is 5.57. The van der Waals surface area contributed by atoms with Crippen molar-refractivity contribution in [1.29, 1.82) is 0 Å². The zero-order chi connectivity index (χ0) is 13.3. The van der Waals surface area contributed by atoms with E-state index in [0.29, 0.717) is 12.1 Å². The molecule has 2 saturated heterocycles. The minimum atomic E-state index is -0.345. The van der Waals surface area contributed by atoms with Gasteiger partial charge in [0, 0.05) is 25.2 Å². The van der Waals surface area contributed by atoms with Gasteiger partial charge in [-0.25, -0.2) is 0 Å². The molecule has 3 atom stereocenters. The smallest absolute Gasteiger partial charge is 0.240 e. The molecule has 0 aliphatic carbocycles. The number of carbonyl (C=O) groups is 1. The summed E-state index contributed by atoms with van der Waals surface area (Å²) in [4.78, 5) is 17.0. The van der Waals surface area contributed by atoms with Gasteiger partial charge in [-0.3, -0.25) is 9.69 Å². The molecule has 0 spiro atoms. The molecule has 0 aromatic heterocycles. The number of rotatable bonds is 2. The summed E-state index contributed by atoms with van der Waals surface area (Å²) in [6.45, 7) is 9.28. The molecule has 1 amide bonds. The Morgan fingerprint density at radius 2 is 2.00 bits per heavy atom. The number of nitrogens with zero attached hydrogens (tertiary/aromatic N) is 2. The molecule has 2 fully saturated rings. The molecule has 4 heteroatoms. The molecule has 0 saturated carbocycles. The zero-order valence-electron chi connectivity index (χ0n) is 11.9. The van der Waals surface area contributed by atoms with Crippen molar-refractivity contribution in [2.75, 3.05) is 19.6 Å². The molecule has 0 aromatic rings. The number of fused-ring (bicyclic) bond motifs is 1. The van der Waals surface area contributed by atoms with Gasteiger partial charge in [0.05, 0.1) is 6.04 Å². The van der Waals surface area contributed by atoms with Crippen molar-refractivity contribution in [2.45, 2.75) is 58.2 Å². The predicted octanol–water partition coefficient (Wildman–Crippen LogP) is 1.05. The van der Waals surface area contributed by atoms with Crippen LogP contribution < -0.4 is 5.73 Å². The Labute approximate surface area is 110 Å². The first-order valence-corrected chi connectivity index (χ1v) is 7.30. The van der Waals surface area contributed by atoms with E-state index in [2.05, 4.69) is 11.8 Å². The monoisotopic (exact) mass is 253 g/mol. The van der Waals surface area contributed by atoms with E-state index in [9.17, 15) is 4.79 Å². The Kier molecular flexibility index (Phi) is 4.28. The third kappa shape index (κ3) is 2.69. The van der Waals surface area contributed by atoms with Crippen molar-refractivity contribution in [3.63, 3.8) is 0 Å². The highest BCUT2D eigenvalue weighted by molar-refractivity contribution is 5.82. The standard InChI is InChI=1S/C14H27N3O/c1-10(2)13(15)14(18)17-9-12-6-4-5-7-16(12)8-11(17)3/h10-13H,4-9,15H2,1-3H3. The summed E-state index contributed by atoms with van der Waals surface area (Å²) < 4.78 is 0. The molecule has 104 valence electrons. The molecule has 2 heterocycles. The van der Waals surface area contributed by atoms with E-state index < -0.39 is 0 Å². The summed E-state index contributed by atoms with van der Waals surface area (Å²) in [5.74, 6) is 0.358. The Bertz CT molecular complexity index is 305. The quantitative estimate of drug-likeness (QED) is 0.800. The summed E-state index contributed by atoms with van der Waals surface area (Å²) in [6.07, 6.45) is 3.84. The fourth-order valence-electron chi connectivity index (χ4n) is 3.14. The molecule has 0 radical (unpaired) electrons. The number of piperazine rings is 1. The first-order chi connectivity index (χ1) is 8.50. The van der Waals surface area contributed by atoms with E-state index in [1.54, 1.807) is 0 Å². The maximum atomic E-state index is 12.4. The van der Waals surface area contributed by atoms with Gasteiger partial charge in [0.25, 0.3) is 0 Å². The first-order valence-electron chi connectivity index (χ1n) is 7.30. The number of nitrogens with two attached hydrogens (primary N) is 1. The van der Waals surface area contributed by atoms with Crippen LogP contribution in [0.2, 0.25) is 0 Å². The third-order valence-corrected chi connectivity index (χ3v) is 4.47. The molecule has 0 bridgehead atoms. The Morgan fingerprint density at radius 3 is 2.67 bits per heavy atom. The minimum absolute atomic E-state index is 0.141. The molecular formula is C14H27N3O. The minimum Gasteiger partial charge on any atom is -0.336 e. The second-order valence-corrected chi connectivity index (χ2v) is 6.25. The van der Waals surface area contributed by atoms with Crippen LogP contribution in [0.5, 0.6) is 0 Å². The van der Waals surface area contributed by atoms with Crippen molar-refractivity contribution >= 4 is 5.91 Å². The van der Waals surface area contributed by atoms with Gasteiger partial charge in [-0.05, 0) is 32.2 Å². The van der Waals surface area contributed by atoms with E-state index >= 15 is 0 Å². The number of hydrogen-bond acceptors (Lipinski definition) is 3. The lowest BCUT2D eigenvalue weighted by atomic mass is 9.95. The topological polar surface area (TPSA) is 49.6 Å². The maximum absolute atomic E-state index is 12.4. The van der Waals surface area contributed by atoms with E-state index in [1.165, 1.54) is 25.8 Å². The molecule has 2 aliphatic rings. The molecule has 3 unspecified atom stereocenters. The number of carbonyl (C=O) groups excluding carboxylic acids is 1. The summed E-state index contributed by atoms with van der Waals surface area (Å²) in [5, 5.41) is 0. The van der Waals surface area contributed by atoms with Gasteiger partial charge in [-0.2, -0.15) is 0 Å². The molecule has 4 nitrogen and oxygen atoms in total. The van der Waals surface area contributed by atoms with Crippen molar-refractivity contribution < 1.29 is 4.79 Å². The highest BCUT2D eigenvalue weighted by Gasteiger charge is 2.37. The van der Waals surface area contributed by atoms with Crippen molar-refractivity contribution in [3.05, 3.63) is 0 Å². The van der Waals surface area contributed by atoms with Crippen LogP contribution in [0, 0.1) is 5.92 Å². The Morgan fingerprint density at radius 1 is 1.28 bits per heavy atom. The first kappa shape index (κ1) is 13.8. The number of hydrogen-bond donors (Lipinski definition) is 1. The van der Waals surface area contributed by atoms with Crippen LogP contribution in [0.25, 0.3) is 0 Å². The van der Waals surface area contributed by atoms with Crippen LogP contribution in [-0.2, 0) is 4.79 Å². The van der Waals surface area contributed by atoms with Crippen LogP contribution >= 0.6 is 0 Å². The Hall–Kier alpha value is -0.610. The van der Waals surface area contributed by atoms with E-state index in [-0.39, 0.29) is 17.9 Å². The van der Waals surface area contributed by atoms with E-state index in [4.69, 9.17) is 5.73 Å². The summed E-state index contributed by atoms with van der Waals surface area (Å²) in [7, 11) is 0. The highest BCUT2D eigenvalue weighted by atomic mass is 16.2. The largest absolute Gasteiger partial charge is 0.336 e. The van der Waals surface area contributed by atoms with Gasteiger partial charge < -0.3 is 10.6 Å². The molecule has 0 aromatic carbocycles. The van der Waals surface area contributed by atoms with Crippen LogP contribution in [0.4, 0.5) is 0 Å². The van der Waals surface area contributed by atoms with Gasteiger partial charge in [0.1, 0.15) is 0 Å². The molecular weight excluding hydrogens is 226 g/mol. The average Bonchev–Trinajstić information content (AvgIpc) is 2.36. The number of amides is 1. The van der Waals surface area contributed by atoms with Crippen molar-refractivity contribution in [2.24, 2.45) is 11.7 Å². The van der Waals surface area contributed by atoms with Crippen LogP contribution in [0.1, 0.15) is 40.0 Å². The summed E-state index contributed by atoms with van der Waals surface area (Å²) in [6, 6.07) is 0.525. The fraction of sp³-hybridized carbons (Fsp3) is 0.929. The molecule has 2 aliphatic heterocycles. The molecule has 2 rings (SSSR count). The van der Waals surface area contributed by atoms with Gasteiger partial charge in [-0.1, -0.05) is 20.3 Å². The van der Waals surface area contributed by atoms with Gasteiger partial charge in [0.2, 0.25) is 5.91 Å². The number of piperidine rings is 1. The zero-order valence-corrected chi connectivity index (χ0v) is 11.9. The fourth-order valence-corrected chi connectivity index (χ4v) is 3.14. The van der Waals surface area contributed by atoms with E-state index in [1.807, 2.05) is 18.7 Å². The van der Waals surface area contributed by atoms with Gasteiger partial charge in [0.15, 0.2) is 0 Å². The summed E-state index contributed by atoms with van der Waals surface area (Å²) >= 11 is 0. The lowest BCUT2D eigenvalue weighted by Gasteiger charge is -2.48. The lowest BCUT2D eigenvalue weighted by Crippen LogP contribution is -2.62. The maximum Gasteiger partial charge on any atom is 0.240 e. The molecule has 18 heavy (non-hydrogen) atoms. The second-order valence-electron chi connectivity index (χ2n) is 6.25. The van der Waals surface area contributed by atoms with Gasteiger partial charge >= 0.3 is 0 Å². The summed E-state index contributed by atoms with van der Waals surface area (Å²) in [5.41, 5.74) is 6.02. The van der Waals surface area contributed by atoms with Crippen molar-refractivity contribution in [1.82, 2.24) is 9.80 Å². The van der Waals surface area contributed by atoms with Crippen LogP contribution in [0.15, 0.2) is 0 Å². The average molecular weight is 253 g/mol. The SMILES string of the molecule is CC(C)C(N)C(=O)N1CC2CCCCN2CC1C. The molecule has 2 N–H and O–H groups in total. The lowest BCUT2D eigenvalue weighted by molar-refractivity contribution is -0.140. The normalized spacial score (nSPS) is 31.3. The van der Waals surface area contributed by atoms with Crippen molar-refractivity contribution in [3.8, 4) is 0 Å². The van der Waals surface area contributed by atoms with E-state index in [0.717, 1.165) is 13.1 Å². The van der Waals surface area contributed by atoms with Crippen LogP contribution in [0.3, 0.4) is 0 Å². The Balaban J connectivity index is 2.02. The third-order valence-electron chi connectivity index (χ3n) is 4.47.